The second-order valence-corrected chi connectivity index (χ2v) is 5.49. The predicted molar refractivity (Wildman–Crippen MR) is 91.8 cm³/mol. The van der Waals surface area contributed by atoms with Gasteiger partial charge in [-0.05, 0) is 29.3 Å². The van der Waals surface area contributed by atoms with Crippen molar-refractivity contribution in [1.29, 1.82) is 0 Å². The SMILES string of the molecule is CC(=O)OC(OC(C)=O)/C(=C/c1cccc(F)c1)Cc1ccccc1. The van der Waals surface area contributed by atoms with Gasteiger partial charge in [-0.1, -0.05) is 42.5 Å². The van der Waals surface area contributed by atoms with Crippen LogP contribution < -0.4 is 0 Å². The average molecular weight is 342 g/mol. The van der Waals surface area contributed by atoms with Crippen molar-refractivity contribution in [2.45, 2.75) is 26.6 Å². The number of esters is 2. The molecule has 0 amide bonds. The van der Waals surface area contributed by atoms with E-state index >= 15 is 0 Å². The molecule has 25 heavy (non-hydrogen) atoms. The summed E-state index contributed by atoms with van der Waals surface area (Å²) >= 11 is 0. The van der Waals surface area contributed by atoms with E-state index in [0.717, 1.165) is 5.56 Å². The summed E-state index contributed by atoms with van der Waals surface area (Å²) in [4.78, 5) is 22.8. The fourth-order valence-electron chi connectivity index (χ4n) is 2.32. The van der Waals surface area contributed by atoms with E-state index in [1.54, 1.807) is 18.2 Å². The summed E-state index contributed by atoms with van der Waals surface area (Å²) in [6, 6.07) is 15.4. The second-order valence-electron chi connectivity index (χ2n) is 5.49. The lowest BCUT2D eigenvalue weighted by molar-refractivity contribution is -0.178. The monoisotopic (exact) mass is 342 g/mol. The Morgan fingerprint density at radius 2 is 1.64 bits per heavy atom. The molecule has 0 saturated heterocycles. The summed E-state index contributed by atoms with van der Waals surface area (Å²) in [5.41, 5.74) is 2.05. The maximum absolute atomic E-state index is 13.5. The first-order valence-electron chi connectivity index (χ1n) is 7.78. The molecule has 0 aliphatic rings. The lowest BCUT2D eigenvalue weighted by Crippen LogP contribution is -2.25. The number of hydrogen-bond acceptors (Lipinski definition) is 4. The van der Waals surface area contributed by atoms with E-state index < -0.39 is 18.2 Å². The Morgan fingerprint density at radius 1 is 1.00 bits per heavy atom. The highest BCUT2D eigenvalue weighted by molar-refractivity contribution is 5.69. The molecule has 0 fully saturated rings. The van der Waals surface area contributed by atoms with Gasteiger partial charge in [0.15, 0.2) is 0 Å². The highest BCUT2D eigenvalue weighted by Gasteiger charge is 2.21. The van der Waals surface area contributed by atoms with Crippen molar-refractivity contribution in [3.05, 3.63) is 77.1 Å². The van der Waals surface area contributed by atoms with Crippen LogP contribution in [-0.2, 0) is 25.5 Å². The smallest absolute Gasteiger partial charge is 0.305 e. The molecule has 0 N–H and O–H groups in total. The van der Waals surface area contributed by atoms with Crippen molar-refractivity contribution in [3.8, 4) is 0 Å². The summed E-state index contributed by atoms with van der Waals surface area (Å²) in [5, 5.41) is 0. The van der Waals surface area contributed by atoms with Crippen LogP contribution in [0.1, 0.15) is 25.0 Å². The maximum atomic E-state index is 13.5. The average Bonchev–Trinajstić information content (AvgIpc) is 2.54. The molecule has 0 bridgehead atoms. The first-order valence-corrected chi connectivity index (χ1v) is 7.78. The van der Waals surface area contributed by atoms with Crippen molar-refractivity contribution in [1.82, 2.24) is 0 Å². The fraction of sp³-hybridized carbons (Fsp3) is 0.200. The molecule has 0 saturated carbocycles. The summed E-state index contributed by atoms with van der Waals surface area (Å²) in [7, 11) is 0. The van der Waals surface area contributed by atoms with Gasteiger partial charge in [0.2, 0.25) is 0 Å². The quantitative estimate of drug-likeness (QED) is 0.590. The molecule has 0 spiro atoms. The van der Waals surface area contributed by atoms with E-state index in [1.807, 2.05) is 30.3 Å². The van der Waals surface area contributed by atoms with E-state index in [4.69, 9.17) is 9.47 Å². The molecule has 2 aromatic carbocycles. The van der Waals surface area contributed by atoms with Crippen LogP contribution in [0.4, 0.5) is 4.39 Å². The molecule has 0 heterocycles. The Balaban J connectivity index is 2.41. The molecule has 0 aliphatic carbocycles. The Labute approximate surface area is 145 Å². The summed E-state index contributed by atoms with van der Waals surface area (Å²) in [6.07, 6.45) is 0.869. The van der Waals surface area contributed by atoms with Gasteiger partial charge in [0, 0.05) is 25.8 Å². The molecule has 0 atom stereocenters. The molecular weight excluding hydrogens is 323 g/mol. The van der Waals surface area contributed by atoms with Crippen molar-refractivity contribution in [2.75, 3.05) is 0 Å². The standard InChI is InChI=1S/C20H19FO4/c1-14(22)24-20(25-15(2)23)18(11-16-7-4-3-5-8-16)12-17-9-6-10-19(21)13-17/h3-10,12-13,20H,11H2,1-2H3/b18-12+. The molecule has 0 aliphatic heterocycles. The Bertz CT molecular complexity index is 752. The number of halogens is 1. The van der Waals surface area contributed by atoms with Crippen molar-refractivity contribution in [2.24, 2.45) is 0 Å². The third-order valence-electron chi connectivity index (χ3n) is 3.30. The molecule has 0 aromatic heterocycles. The van der Waals surface area contributed by atoms with Gasteiger partial charge < -0.3 is 9.47 Å². The summed E-state index contributed by atoms with van der Waals surface area (Å²) in [5.74, 6) is -1.54. The number of ether oxygens (including phenoxy) is 2. The van der Waals surface area contributed by atoms with Gasteiger partial charge in [0.05, 0.1) is 0 Å². The van der Waals surface area contributed by atoms with Crippen LogP contribution in [0.25, 0.3) is 6.08 Å². The number of rotatable bonds is 6. The summed E-state index contributed by atoms with van der Waals surface area (Å²) < 4.78 is 23.8. The molecule has 0 unspecified atom stereocenters. The van der Waals surface area contributed by atoms with Gasteiger partial charge in [0.1, 0.15) is 5.82 Å². The topological polar surface area (TPSA) is 52.6 Å². The van der Waals surface area contributed by atoms with E-state index in [-0.39, 0.29) is 5.82 Å². The van der Waals surface area contributed by atoms with Gasteiger partial charge in [0.25, 0.3) is 6.29 Å². The van der Waals surface area contributed by atoms with E-state index in [1.165, 1.54) is 26.0 Å². The number of benzene rings is 2. The first kappa shape index (κ1) is 18.4. The number of carbonyl (C=O) groups is 2. The van der Waals surface area contributed by atoms with Gasteiger partial charge in [-0.25, -0.2) is 4.39 Å². The van der Waals surface area contributed by atoms with Crippen LogP contribution >= 0.6 is 0 Å². The van der Waals surface area contributed by atoms with Crippen molar-refractivity contribution < 1.29 is 23.5 Å². The lowest BCUT2D eigenvalue weighted by Gasteiger charge is -2.20. The largest absolute Gasteiger partial charge is 0.421 e. The number of carbonyl (C=O) groups excluding carboxylic acids is 2. The van der Waals surface area contributed by atoms with Crippen molar-refractivity contribution >= 4 is 18.0 Å². The molecule has 2 rings (SSSR count). The third kappa shape index (κ3) is 6.22. The van der Waals surface area contributed by atoms with Gasteiger partial charge in [-0.3, -0.25) is 9.59 Å². The Hall–Kier alpha value is -2.95. The third-order valence-corrected chi connectivity index (χ3v) is 3.30. The maximum Gasteiger partial charge on any atom is 0.305 e. The highest BCUT2D eigenvalue weighted by Crippen LogP contribution is 2.20. The van der Waals surface area contributed by atoms with Crippen LogP contribution in [0.2, 0.25) is 0 Å². The van der Waals surface area contributed by atoms with Crippen LogP contribution in [0.15, 0.2) is 60.2 Å². The summed E-state index contributed by atoms with van der Waals surface area (Å²) in [6.45, 7) is 2.47. The Morgan fingerprint density at radius 3 is 2.20 bits per heavy atom. The van der Waals surface area contributed by atoms with Gasteiger partial charge in [-0.15, -0.1) is 0 Å². The predicted octanol–water partition coefficient (Wildman–Crippen LogP) is 3.90. The van der Waals surface area contributed by atoms with Gasteiger partial charge >= 0.3 is 11.9 Å². The first-order chi connectivity index (χ1) is 11.9. The number of hydrogen-bond donors (Lipinski definition) is 0. The molecule has 0 radical (unpaired) electrons. The van der Waals surface area contributed by atoms with Gasteiger partial charge in [-0.2, -0.15) is 0 Å². The molecule has 2 aromatic rings. The minimum absolute atomic E-state index is 0.378. The minimum atomic E-state index is -1.17. The van der Waals surface area contributed by atoms with E-state index in [9.17, 15) is 14.0 Å². The van der Waals surface area contributed by atoms with Crippen LogP contribution in [0, 0.1) is 5.82 Å². The zero-order valence-corrected chi connectivity index (χ0v) is 14.1. The molecule has 4 nitrogen and oxygen atoms in total. The van der Waals surface area contributed by atoms with Crippen LogP contribution in [0.3, 0.4) is 0 Å². The van der Waals surface area contributed by atoms with E-state index in [2.05, 4.69) is 0 Å². The van der Waals surface area contributed by atoms with Crippen LogP contribution in [0.5, 0.6) is 0 Å². The molecule has 5 heteroatoms. The highest BCUT2D eigenvalue weighted by atomic mass is 19.1. The Kier molecular flexibility index (Phi) is 6.46. The fourth-order valence-corrected chi connectivity index (χ4v) is 2.32. The normalized spacial score (nSPS) is 11.3. The lowest BCUT2D eigenvalue weighted by atomic mass is 10.0. The van der Waals surface area contributed by atoms with E-state index in [0.29, 0.717) is 17.6 Å². The zero-order chi connectivity index (χ0) is 18.2. The minimum Gasteiger partial charge on any atom is -0.421 e. The second kappa shape index (κ2) is 8.78. The van der Waals surface area contributed by atoms with Crippen LogP contribution in [-0.4, -0.2) is 18.2 Å². The van der Waals surface area contributed by atoms with Crippen molar-refractivity contribution in [3.63, 3.8) is 0 Å². The molecular formula is C20H19FO4. The molecule has 130 valence electrons. The zero-order valence-electron chi connectivity index (χ0n) is 14.1.